The molecule has 0 spiro atoms. The van der Waals surface area contributed by atoms with E-state index in [9.17, 15) is 29.4 Å². The van der Waals surface area contributed by atoms with Crippen molar-refractivity contribution < 1.29 is 38.8 Å². The number of anilines is 3. The van der Waals surface area contributed by atoms with E-state index < -0.39 is 46.5 Å². The second kappa shape index (κ2) is 15.0. The number of carbonyl (C=O) groups is 4. The van der Waals surface area contributed by atoms with Crippen LogP contribution in [-0.2, 0) is 30.6 Å². The monoisotopic (exact) mass is 709 g/mol. The summed E-state index contributed by atoms with van der Waals surface area (Å²) in [6, 6.07) is -1.13. The predicted octanol–water partition coefficient (Wildman–Crippen LogP) is 0.373. The van der Waals surface area contributed by atoms with Crippen molar-refractivity contribution in [2.45, 2.75) is 50.3 Å². The van der Waals surface area contributed by atoms with E-state index in [0.29, 0.717) is 36.7 Å². The zero-order valence-corrected chi connectivity index (χ0v) is 27.7. The van der Waals surface area contributed by atoms with Crippen LogP contribution in [0.2, 0.25) is 4.34 Å². The van der Waals surface area contributed by atoms with Gasteiger partial charge in [0.2, 0.25) is 5.60 Å². The number of halogens is 1. The number of amides is 2. The van der Waals surface area contributed by atoms with Gasteiger partial charge in [0, 0.05) is 12.3 Å². The molecule has 10 N–H and O–H groups in total. The lowest BCUT2D eigenvalue weighted by Crippen LogP contribution is -2.71. The maximum atomic E-state index is 13.4. The number of carboxylic acids is 2. The molecule has 2 aromatic heterocycles. The molecule has 4 heterocycles. The van der Waals surface area contributed by atoms with Gasteiger partial charge in [0.25, 0.3) is 24.0 Å². The highest BCUT2D eigenvalue weighted by Crippen LogP contribution is 2.40. The van der Waals surface area contributed by atoms with Gasteiger partial charge in [-0.05, 0) is 49.9 Å². The summed E-state index contributed by atoms with van der Waals surface area (Å²) in [5, 5.41) is 28.1. The van der Waals surface area contributed by atoms with Crippen molar-refractivity contribution >= 4 is 80.8 Å². The molecule has 20 heteroatoms. The maximum absolute atomic E-state index is 13.4. The van der Waals surface area contributed by atoms with Crippen molar-refractivity contribution in [3.63, 3.8) is 0 Å². The average molecular weight is 710 g/mol. The third kappa shape index (κ3) is 8.10. The molecule has 0 radical (unpaired) electrons. The maximum Gasteiger partial charge on any atom is 0.352 e. The van der Waals surface area contributed by atoms with Crippen molar-refractivity contribution in [2.75, 3.05) is 35.6 Å². The van der Waals surface area contributed by atoms with Crippen LogP contribution in [-0.4, -0.2) is 90.4 Å². The van der Waals surface area contributed by atoms with Crippen LogP contribution < -0.4 is 32.4 Å². The molecule has 2 atom stereocenters. The second-order valence-electron chi connectivity index (χ2n) is 10.8. The van der Waals surface area contributed by atoms with Crippen LogP contribution >= 0.6 is 34.7 Å². The van der Waals surface area contributed by atoms with Gasteiger partial charge in [0.15, 0.2) is 10.8 Å². The molecule has 0 saturated carbocycles. The van der Waals surface area contributed by atoms with E-state index in [4.69, 9.17) is 33.6 Å². The minimum atomic E-state index is -1.82. The number of aliphatic carboxylic acids is 2. The van der Waals surface area contributed by atoms with E-state index in [1.54, 1.807) is 29.2 Å². The van der Waals surface area contributed by atoms with Gasteiger partial charge in [0.1, 0.15) is 45.6 Å². The summed E-state index contributed by atoms with van der Waals surface area (Å²) < 4.78 is 1.75. The summed E-state index contributed by atoms with van der Waals surface area (Å²) in [4.78, 5) is 64.8. The van der Waals surface area contributed by atoms with Crippen LogP contribution in [0.15, 0.2) is 41.1 Å². The lowest BCUT2D eigenvalue weighted by atomic mass is 10.0. The van der Waals surface area contributed by atoms with Gasteiger partial charge in [0.05, 0.1) is 0 Å². The number of aromatic nitrogens is 3. The summed E-state index contributed by atoms with van der Waals surface area (Å²) >= 11 is 8.29. The molecule has 2 amide bonds. The Bertz CT molecular complexity index is 1660. The highest BCUT2D eigenvalue weighted by molar-refractivity contribution is 8.00. The molecule has 4 rings (SSSR count). The highest BCUT2D eigenvalue weighted by atomic mass is 35.5. The normalized spacial score (nSPS) is 18.2. The van der Waals surface area contributed by atoms with E-state index in [1.807, 2.05) is 0 Å². The number of nitrogens with one attached hydrogen (secondary N) is 2. The van der Waals surface area contributed by atoms with Crippen molar-refractivity contribution in [3.05, 3.63) is 46.0 Å². The number of carbonyl (C=O) groups excluding carboxylic acids is 2. The number of unbranched alkanes of at least 4 members (excludes halogenated alkanes) is 1. The lowest BCUT2D eigenvalue weighted by Gasteiger charge is -2.49. The molecule has 1 saturated heterocycles. The van der Waals surface area contributed by atoms with Gasteiger partial charge in [-0.3, -0.25) is 14.5 Å². The number of rotatable bonds is 15. The number of fused-ring (bicyclic) bond motifs is 1. The van der Waals surface area contributed by atoms with E-state index in [-0.39, 0.29) is 26.6 Å². The number of allylic oxidation sites excluding steroid dienone is 2. The number of nitrogens with two attached hydrogens (primary N) is 3. The summed E-state index contributed by atoms with van der Waals surface area (Å²) in [7, 11) is 0. The smallest absolute Gasteiger partial charge is 0.352 e. The van der Waals surface area contributed by atoms with E-state index in [1.165, 1.54) is 25.6 Å². The first-order valence-electron chi connectivity index (χ1n) is 14.1. The van der Waals surface area contributed by atoms with Crippen LogP contribution in [0.5, 0.6) is 0 Å². The number of β-lactam (4-membered cyclic amide) rings is 1. The molecule has 2 aliphatic rings. The number of carboxylic acid groups (broad SMARTS) is 2. The summed E-state index contributed by atoms with van der Waals surface area (Å²) in [5.74, 6) is -3.72. The van der Waals surface area contributed by atoms with Gasteiger partial charge in [-0.15, -0.1) is 11.8 Å². The van der Waals surface area contributed by atoms with Gasteiger partial charge in [-0.1, -0.05) is 34.2 Å². The van der Waals surface area contributed by atoms with Gasteiger partial charge < -0.3 is 42.9 Å². The van der Waals surface area contributed by atoms with Crippen LogP contribution in [0.25, 0.3) is 0 Å². The molecule has 252 valence electrons. The number of hydrogen-bond donors (Lipinski definition) is 7. The standard InChI is InChI=1S/C27H33ClN10O7S2/c1-27(2,25(43)44)45-36-16(15-19(28)47-26(31)35-15)21(39)34-17-22(40)38-18(24(41)42)13(11-46-23(17)38)6-5-9-37-10-14(20(30)33-12-37)32-8-4-3-7-29/h5-6,10,12,17,23,30,32H,3-4,7-9,11,29H2,1-2H3,(H5,31,34,35,39,41,42,43,44)/p+1/b6-5+,36-16-/t17-,23-/m1/s1. The number of thioether (sulfide) groups is 1. The Morgan fingerprint density at radius 2 is 2.04 bits per heavy atom. The third-order valence-electron chi connectivity index (χ3n) is 6.91. The number of hydrogen-bond acceptors (Lipinski definition) is 14. The highest BCUT2D eigenvalue weighted by Gasteiger charge is 2.54. The molecule has 2 aromatic rings. The Morgan fingerprint density at radius 1 is 1.30 bits per heavy atom. The van der Waals surface area contributed by atoms with Crippen molar-refractivity contribution in [2.24, 2.45) is 10.9 Å². The van der Waals surface area contributed by atoms with E-state index in [2.05, 4.69) is 25.8 Å². The molecule has 17 nitrogen and oxygen atoms in total. The number of nitrogen functional groups attached to an aromatic ring is 2. The zero-order valence-electron chi connectivity index (χ0n) is 25.3. The Morgan fingerprint density at radius 3 is 2.68 bits per heavy atom. The molecular formula is C27H34ClN10O7S2+. The number of thiazole rings is 1. The van der Waals surface area contributed by atoms with Crippen LogP contribution in [0.4, 0.5) is 16.6 Å². The van der Waals surface area contributed by atoms with E-state index in [0.717, 1.165) is 29.1 Å². The Hall–Kier alpha value is -4.46. The van der Waals surface area contributed by atoms with Crippen molar-refractivity contribution in [1.82, 2.24) is 20.2 Å². The van der Waals surface area contributed by atoms with Crippen molar-refractivity contribution in [1.29, 1.82) is 0 Å². The van der Waals surface area contributed by atoms with Gasteiger partial charge in [-0.2, -0.15) is 0 Å². The minimum Gasteiger partial charge on any atom is -0.478 e. The second-order valence-corrected chi connectivity index (χ2v) is 13.5. The Labute approximate surface area is 281 Å². The van der Waals surface area contributed by atoms with E-state index >= 15 is 0 Å². The quantitative estimate of drug-likeness (QED) is 0.0433. The summed E-state index contributed by atoms with van der Waals surface area (Å²) in [6.07, 6.45) is 8.45. The molecule has 1 fully saturated rings. The van der Waals surface area contributed by atoms with Gasteiger partial charge >= 0.3 is 11.9 Å². The SMILES string of the molecule is CC(C)(O/N=C(\C(=O)N[C@@H]1C(=O)N2C(C(=O)O)=C(/C=C/C[n+]3cnc(N)c(NCCCCN)c3)CS[C@H]12)c1nc(N)sc1Cl)C(=O)O. The average Bonchev–Trinajstić information content (AvgIpc) is 3.35. The molecule has 2 aliphatic heterocycles. The number of nitrogens with zero attached hydrogens (tertiary/aromatic N) is 5. The van der Waals surface area contributed by atoms with Crippen LogP contribution in [0.1, 0.15) is 32.4 Å². The Balaban J connectivity index is 1.49. The zero-order chi connectivity index (χ0) is 34.5. The van der Waals surface area contributed by atoms with Crippen molar-refractivity contribution in [3.8, 4) is 0 Å². The molecule has 0 bridgehead atoms. The molecular weight excluding hydrogens is 676 g/mol. The first-order valence-corrected chi connectivity index (χ1v) is 16.4. The molecule has 0 unspecified atom stereocenters. The van der Waals surface area contributed by atoms with Gasteiger partial charge in [-0.25, -0.2) is 19.1 Å². The fourth-order valence-corrected chi connectivity index (χ4v) is 6.60. The minimum absolute atomic E-state index is 0.00929. The fourth-order valence-electron chi connectivity index (χ4n) is 4.35. The lowest BCUT2D eigenvalue weighted by molar-refractivity contribution is -0.689. The topological polar surface area (TPSA) is 265 Å². The van der Waals surface area contributed by atoms with Crippen LogP contribution in [0.3, 0.4) is 0 Å². The first-order chi connectivity index (χ1) is 22.2. The van der Waals surface area contributed by atoms with Crippen LogP contribution in [0, 0.1) is 0 Å². The third-order valence-corrected chi connectivity index (χ3v) is 9.29. The molecule has 0 aliphatic carbocycles. The largest absolute Gasteiger partial charge is 0.478 e. The molecule has 47 heavy (non-hydrogen) atoms. The number of oxime groups is 1. The predicted molar refractivity (Wildman–Crippen MR) is 175 cm³/mol. The fraction of sp³-hybridized carbons (Fsp3) is 0.407. The first kappa shape index (κ1) is 35.4. The Kier molecular flexibility index (Phi) is 11.3. The summed E-state index contributed by atoms with van der Waals surface area (Å²) in [5.41, 5.74) is 15.6. The molecule has 0 aromatic carbocycles. The summed E-state index contributed by atoms with van der Waals surface area (Å²) in [6.45, 7) is 4.05.